The second kappa shape index (κ2) is 4.33. The maximum atomic E-state index is 8.42. The molecule has 3 N–H and O–H groups in total. The first-order chi connectivity index (χ1) is 4.06. The number of hydrogen-bond donors (Lipinski definition) is 3. The van der Waals surface area contributed by atoms with Gasteiger partial charge in [0.15, 0.2) is 0 Å². The fraction of sp³-hybridized carbons (Fsp3) is 1.00. The lowest BCUT2D eigenvalue weighted by atomic mass is 10.5. The summed E-state index contributed by atoms with van der Waals surface area (Å²) in [6, 6.07) is 0. The Kier molecular flexibility index (Phi) is 4.56. The molecule has 0 aliphatic carbocycles. The summed E-state index contributed by atoms with van der Waals surface area (Å²) in [7, 11) is 0. The highest BCUT2D eigenvalue weighted by atomic mass is 32.5. The van der Waals surface area contributed by atoms with Gasteiger partial charge in [0, 0.05) is 6.61 Å². The van der Waals surface area contributed by atoms with Gasteiger partial charge in [-0.2, -0.15) is 0 Å². The maximum absolute atomic E-state index is 8.42. The van der Waals surface area contributed by atoms with Crippen molar-refractivity contribution in [1.82, 2.24) is 0 Å². The molecule has 0 heterocycles. The second-order valence-corrected chi connectivity index (χ2v) is 4.07. The Morgan fingerprint density at radius 2 is 2.00 bits per heavy atom. The van der Waals surface area contributed by atoms with E-state index < -0.39 is 6.72 Å². The lowest BCUT2D eigenvalue weighted by Gasteiger charge is -2.05. The monoisotopic (exact) mass is 172 g/mol. The summed E-state index contributed by atoms with van der Waals surface area (Å²) in [6.45, 7) is -3.41. The Morgan fingerprint density at radius 3 is 2.33 bits per heavy atom. The Morgan fingerprint density at radius 1 is 1.44 bits per heavy atom. The molecule has 0 aromatic rings. The van der Waals surface area contributed by atoms with Gasteiger partial charge in [-0.15, -0.1) is 0 Å². The first-order valence-corrected chi connectivity index (χ1v) is 5.00. The molecular formula is C3H9O4PS. The summed E-state index contributed by atoms with van der Waals surface area (Å²) in [5.74, 6) is 0. The third-order valence-corrected chi connectivity index (χ3v) is 1.40. The number of aliphatic hydroxyl groups excluding tert-OH is 1. The van der Waals surface area contributed by atoms with Crippen LogP contribution in [0.5, 0.6) is 0 Å². The topological polar surface area (TPSA) is 69.9 Å². The van der Waals surface area contributed by atoms with E-state index in [0.29, 0.717) is 6.42 Å². The van der Waals surface area contributed by atoms with Crippen LogP contribution in [0.1, 0.15) is 6.42 Å². The molecule has 0 aromatic heterocycles. The molecule has 9 heavy (non-hydrogen) atoms. The van der Waals surface area contributed by atoms with Gasteiger partial charge in [0.25, 0.3) is 0 Å². The highest BCUT2D eigenvalue weighted by Gasteiger charge is 2.05. The fourth-order valence-electron chi connectivity index (χ4n) is 0.248. The fourth-order valence-corrected chi connectivity index (χ4v) is 0.839. The van der Waals surface area contributed by atoms with E-state index >= 15 is 0 Å². The van der Waals surface area contributed by atoms with Crippen LogP contribution in [0.3, 0.4) is 0 Å². The first-order valence-electron chi connectivity index (χ1n) is 2.37. The minimum Gasteiger partial charge on any atom is -0.396 e. The van der Waals surface area contributed by atoms with E-state index in [1.165, 1.54) is 0 Å². The molecule has 56 valence electrons. The van der Waals surface area contributed by atoms with Gasteiger partial charge in [-0.1, -0.05) is 0 Å². The summed E-state index contributed by atoms with van der Waals surface area (Å²) in [5.41, 5.74) is 0. The second-order valence-electron chi connectivity index (χ2n) is 1.40. The van der Waals surface area contributed by atoms with Gasteiger partial charge in [0.05, 0.1) is 6.61 Å². The van der Waals surface area contributed by atoms with Gasteiger partial charge in [-0.05, 0) is 18.2 Å². The van der Waals surface area contributed by atoms with Gasteiger partial charge in [0.2, 0.25) is 0 Å². The van der Waals surface area contributed by atoms with Crippen molar-refractivity contribution in [1.29, 1.82) is 0 Å². The van der Waals surface area contributed by atoms with E-state index in [-0.39, 0.29) is 13.2 Å². The zero-order chi connectivity index (χ0) is 7.33. The molecule has 0 unspecified atom stereocenters. The number of hydrogen-bond acceptors (Lipinski definition) is 3. The zero-order valence-electron chi connectivity index (χ0n) is 4.73. The molecular weight excluding hydrogens is 163 g/mol. The third-order valence-electron chi connectivity index (χ3n) is 0.562. The summed E-state index contributed by atoms with van der Waals surface area (Å²) < 4.78 is 4.35. The Bertz CT molecular complexity index is 110. The summed E-state index contributed by atoms with van der Waals surface area (Å²) >= 11 is 4.12. The molecule has 6 heteroatoms. The van der Waals surface area contributed by atoms with E-state index in [1.54, 1.807) is 0 Å². The maximum Gasteiger partial charge on any atom is 0.321 e. The summed E-state index contributed by atoms with van der Waals surface area (Å²) in [6.07, 6.45) is 0.375. The number of aliphatic hydroxyl groups is 1. The Balaban J connectivity index is 3.18. The van der Waals surface area contributed by atoms with E-state index in [2.05, 4.69) is 16.3 Å². The van der Waals surface area contributed by atoms with Crippen molar-refractivity contribution in [2.75, 3.05) is 13.2 Å². The Labute approximate surface area is 58.3 Å². The molecule has 0 saturated heterocycles. The average Bonchev–Trinajstić information content (AvgIpc) is 1.63. The molecule has 0 bridgehead atoms. The van der Waals surface area contributed by atoms with Crippen LogP contribution in [0.25, 0.3) is 0 Å². The summed E-state index contributed by atoms with van der Waals surface area (Å²) in [5, 5.41) is 8.20. The van der Waals surface area contributed by atoms with E-state index in [0.717, 1.165) is 0 Å². The highest BCUT2D eigenvalue weighted by molar-refractivity contribution is 8.06. The normalized spacial score (nSPS) is 11.9. The van der Waals surface area contributed by atoms with Gasteiger partial charge in [0.1, 0.15) is 0 Å². The van der Waals surface area contributed by atoms with Crippen molar-refractivity contribution in [2.24, 2.45) is 0 Å². The van der Waals surface area contributed by atoms with Gasteiger partial charge in [-0.3, -0.25) is 0 Å². The van der Waals surface area contributed by atoms with Crippen LogP contribution in [0, 0.1) is 0 Å². The molecule has 0 saturated carbocycles. The standard InChI is InChI=1S/C3H9O4PS/c4-2-1-3-7-8(5,6)9/h4H,1-3H2,(H2,5,6,9). The molecule has 4 nitrogen and oxygen atoms in total. The molecule has 0 spiro atoms. The molecule has 0 radical (unpaired) electrons. The zero-order valence-corrected chi connectivity index (χ0v) is 6.44. The highest BCUT2D eigenvalue weighted by Crippen LogP contribution is 2.35. The van der Waals surface area contributed by atoms with Gasteiger partial charge in [-0.25, -0.2) is 0 Å². The largest absolute Gasteiger partial charge is 0.396 e. The van der Waals surface area contributed by atoms with Crippen LogP contribution in [-0.4, -0.2) is 28.1 Å². The molecule has 0 amide bonds. The van der Waals surface area contributed by atoms with Crippen molar-refractivity contribution in [3.8, 4) is 0 Å². The van der Waals surface area contributed by atoms with Crippen molar-refractivity contribution < 1.29 is 19.4 Å². The molecule has 0 aliphatic heterocycles. The van der Waals surface area contributed by atoms with Crippen LogP contribution < -0.4 is 0 Å². The van der Waals surface area contributed by atoms with Crippen LogP contribution >= 0.6 is 6.72 Å². The van der Waals surface area contributed by atoms with Crippen molar-refractivity contribution in [2.45, 2.75) is 6.42 Å². The van der Waals surface area contributed by atoms with E-state index in [9.17, 15) is 0 Å². The predicted octanol–water partition coefficient (Wildman–Crippen LogP) is -0.406. The van der Waals surface area contributed by atoms with Crippen molar-refractivity contribution in [3.63, 3.8) is 0 Å². The first kappa shape index (κ1) is 9.49. The van der Waals surface area contributed by atoms with Crippen LogP contribution in [-0.2, 0) is 16.3 Å². The lowest BCUT2D eigenvalue weighted by molar-refractivity contribution is 0.210. The van der Waals surface area contributed by atoms with E-state index in [1.807, 2.05) is 0 Å². The van der Waals surface area contributed by atoms with Crippen LogP contribution in [0.2, 0.25) is 0 Å². The predicted molar refractivity (Wildman–Crippen MR) is 36.4 cm³/mol. The van der Waals surface area contributed by atoms with Crippen LogP contribution in [0.4, 0.5) is 0 Å². The quantitative estimate of drug-likeness (QED) is 0.397. The smallest absolute Gasteiger partial charge is 0.321 e. The third kappa shape index (κ3) is 8.49. The van der Waals surface area contributed by atoms with Crippen LogP contribution in [0.15, 0.2) is 0 Å². The molecule has 0 rings (SSSR count). The number of rotatable bonds is 4. The van der Waals surface area contributed by atoms with Crippen molar-refractivity contribution >= 4 is 18.5 Å². The Hall–Kier alpha value is 0.490. The molecule has 0 atom stereocenters. The average molecular weight is 172 g/mol. The minimum atomic E-state index is -3.47. The summed E-state index contributed by atoms with van der Waals surface area (Å²) in [4.78, 5) is 16.8. The SMILES string of the molecule is OCCCOP(O)(O)=S. The van der Waals surface area contributed by atoms with E-state index in [4.69, 9.17) is 14.9 Å². The molecule has 0 aliphatic rings. The van der Waals surface area contributed by atoms with Gasteiger partial charge < -0.3 is 19.4 Å². The molecule has 0 aromatic carbocycles. The lowest BCUT2D eigenvalue weighted by Crippen LogP contribution is -1.94. The molecule has 0 fully saturated rings. The minimum absolute atomic E-state index is 0.0324. The van der Waals surface area contributed by atoms with Crippen molar-refractivity contribution in [3.05, 3.63) is 0 Å². The van der Waals surface area contributed by atoms with Gasteiger partial charge >= 0.3 is 6.72 Å².